The third-order valence-electron chi connectivity index (χ3n) is 2.76. The number of ether oxygens (including phenoxy) is 1. The van der Waals surface area contributed by atoms with Gasteiger partial charge in [-0.05, 0) is 19.9 Å². The maximum atomic E-state index is 11.9. The Morgan fingerprint density at radius 1 is 1.27 bits per heavy atom. The lowest BCUT2D eigenvalue weighted by atomic mass is 10.3. The highest BCUT2D eigenvalue weighted by Crippen LogP contribution is 2.33. The van der Waals surface area contributed by atoms with Crippen LogP contribution in [-0.4, -0.2) is 22.3 Å². The Balaban J connectivity index is 1.99. The largest absolute Gasteiger partial charge is 0.482 e. The van der Waals surface area contributed by atoms with Crippen LogP contribution in [0.3, 0.4) is 0 Å². The van der Waals surface area contributed by atoms with E-state index in [-0.39, 0.29) is 23.6 Å². The van der Waals surface area contributed by atoms with Gasteiger partial charge in [0, 0.05) is 18.2 Å². The molecule has 1 aromatic carbocycles. The van der Waals surface area contributed by atoms with Crippen LogP contribution in [0.4, 0.5) is 5.82 Å². The third-order valence-corrected chi connectivity index (χ3v) is 3.78. The Labute approximate surface area is 143 Å². The van der Waals surface area contributed by atoms with Gasteiger partial charge < -0.3 is 10.1 Å². The summed E-state index contributed by atoms with van der Waals surface area (Å²) < 4.78 is 7.07. The van der Waals surface area contributed by atoms with Crippen LogP contribution in [-0.2, 0) is 4.79 Å². The van der Waals surface area contributed by atoms with Crippen molar-refractivity contribution in [2.75, 3.05) is 11.9 Å². The molecule has 0 saturated heterocycles. The molecular formula is C14H14Cl3N3O2. The molecule has 0 aliphatic carbocycles. The van der Waals surface area contributed by atoms with Crippen molar-refractivity contribution in [1.29, 1.82) is 0 Å². The fraction of sp³-hybridized carbons (Fsp3) is 0.286. The number of benzene rings is 1. The first-order valence-corrected chi connectivity index (χ1v) is 7.62. The van der Waals surface area contributed by atoms with E-state index < -0.39 is 0 Å². The second kappa shape index (κ2) is 7.22. The number of carbonyl (C=O) groups excluding carboxylic acids is 1. The maximum Gasteiger partial charge on any atom is 0.263 e. The summed E-state index contributed by atoms with van der Waals surface area (Å²) >= 11 is 17.7. The Hall–Kier alpha value is -1.43. The lowest BCUT2D eigenvalue weighted by Gasteiger charge is -2.13. The van der Waals surface area contributed by atoms with E-state index in [1.54, 1.807) is 16.9 Å². The van der Waals surface area contributed by atoms with Gasteiger partial charge in [-0.25, -0.2) is 4.68 Å². The number of amides is 1. The van der Waals surface area contributed by atoms with Gasteiger partial charge in [0.2, 0.25) is 0 Å². The number of aromatic nitrogens is 2. The fourth-order valence-electron chi connectivity index (χ4n) is 1.76. The molecule has 118 valence electrons. The second-order valence-corrected chi connectivity index (χ2v) is 6.01. The van der Waals surface area contributed by atoms with Crippen LogP contribution in [0.1, 0.15) is 19.9 Å². The fourth-order valence-corrected chi connectivity index (χ4v) is 2.35. The Bertz CT molecular complexity index is 686. The van der Waals surface area contributed by atoms with Gasteiger partial charge in [-0.15, -0.1) is 0 Å². The predicted molar refractivity (Wildman–Crippen MR) is 88.2 cm³/mol. The average Bonchev–Trinajstić information content (AvgIpc) is 2.89. The molecule has 1 heterocycles. The molecule has 0 unspecified atom stereocenters. The molecule has 1 N–H and O–H groups in total. The first-order chi connectivity index (χ1) is 10.4. The van der Waals surface area contributed by atoms with Crippen LogP contribution in [0.15, 0.2) is 24.4 Å². The highest BCUT2D eigenvalue weighted by atomic mass is 35.5. The Morgan fingerprint density at radius 2 is 1.95 bits per heavy atom. The molecule has 0 fully saturated rings. The Kier molecular flexibility index (Phi) is 5.56. The van der Waals surface area contributed by atoms with Crippen LogP contribution in [0.5, 0.6) is 5.75 Å². The maximum absolute atomic E-state index is 11.9. The lowest BCUT2D eigenvalue weighted by Crippen LogP contribution is -2.22. The number of anilines is 1. The van der Waals surface area contributed by atoms with Crippen LogP contribution in [0.25, 0.3) is 0 Å². The van der Waals surface area contributed by atoms with Crippen molar-refractivity contribution >= 4 is 46.5 Å². The molecule has 2 rings (SSSR count). The number of halogens is 3. The topological polar surface area (TPSA) is 56.2 Å². The van der Waals surface area contributed by atoms with Gasteiger partial charge in [0.15, 0.2) is 6.61 Å². The minimum absolute atomic E-state index is 0.135. The number of carbonyl (C=O) groups is 1. The number of hydrogen-bond donors (Lipinski definition) is 1. The van der Waals surface area contributed by atoms with Crippen molar-refractivity contribution in [2.45, 2.75) is 19.9 Å². The summed E-state index contributed by atoms with van der Waals surface area (Å²) in [7, 11) is 0. The lowest BCUT2D eigenvalue weighted by molar-refractivity contribution is -0.118. The van der Waals surface area contributed by atoms with E-state index in [2.05, 4.69) is 10.4 Å². The third kappa shape index (κ3) is 4.06. The molecule has 0 bridgehead atoms. The molecule has 22 heavy (non-hydrogen) atoms. The molecule has 0 atom stereocenters. The molecule has 8 heteroatoms. The second-order valence-electron chi connectivity index (χ2n) is 4.79. The average molecular weight is 363 g/mol. The molecule has 0 radical (unpaired) electrons. The number of hydrogen-bond acceptors (Lipinski definition) is 3. The van der Waals surface area contributed by atoms with Crippen molar-refractivity contribution < 1.29 is 9.53 Å². The van der Waals surface area contributed by atoms with Gasteiger partial charge in [0.25, 0.3) is 5.91 Å². The van der Waals surface area contributed by atoms with E-state index in [0.717, 1.165) is 0 Å². The van der Waals surface area contributed by atoms with Crippen molar-refractivity contribution in [3.63, 3.8) is 0 Å². The smallest absolute Gasteiger partial charge is 0.263 e. The Morgan fingerprint density at radius 3 is 2.64 bits per heavy atom. The molecule has 2 aromatic rings. The molecule has 1 aromatic heterocycles. The van der Waals surface area contributed by atoms with Gasteiger partial charge in [0.1, 0.15) is 11.6 Å². The van der Waals surface area contributed by atoms with Gasteiger partial charge in [-0.2, -0.15) is 5.10 Å². The van der Waals surface area contributed by atoms with Crippen molar-refractivity contribution in [2.24, 2.45) is 0 Å². The number of nitrogens with zero attached hydrogens (tertiary/aromatic N) is 2. The molecule has 1 amide bonds. The first-order valence-electron chi connectivity index (χ1n) is 6.49. The zero-order valence-corrected chi connectivity index (χ0v) is 14.2. The summed E-state index contributed by atoms with van der Waals surface area (Å²) in [5, 5.41) is 7.77. The summed E-state index contributed by atoms with van der Waals surface area (Å²) in [6.45, 7) is 3.73. The molecular weight excluding hydrogens is 349 g/mol. The first kappa shape index (κ1) is 16.9. The molecule has 0 saturated carbocycles. The zero-order valence-electron chi connectivity index (χ0n) is 11.9. The summed E-state index contributed by atoms with van der Waals surface area (Å²) in [6.07, 6.45) is 1.62. The van der Waals surface area contributed by atoms with Gasteiger partial charge in [-0.1, -0.05) is 34.8 Å². The van der Waals surface area contributed by atoms with Gasteiger partial charge in [-0.3, -0.25) is 4.79 Å². The highest BCUT2D eigenvalue weighted by Gasteiger charge is 2.12. The summed E-state index contributed by atoms with van der Waals surface area (Å²) in [6, 6.07) is 4.78. The van der Waals surface area contributed by atoms with E-state index in [9.17, 15) is 4.79 Å². The zero-order chi connectivity index (χ0) is 16.3. The molecule has 0 aliphatic rings. The van der Waals surface area contributed by atoms with E-state index in [0.29, 0.717) is 21.6 Å². The van der Waals surface area contributed by atoms with Gasteiger partial charge in [0.05, 0.1) is 21.3 Å². The van der Waals surface area contributed by atoms with Crippen LogP contribution in [0, 0.1) is 0 Å². The van der Waals surface area contributed by atoms with E-state index in [1.807, 2.05) is 13.8 Å². The van der Waals surface area contributed by atoms with Crippen LogP contribution < -0.4 is 10.1 Å². The molecule has 0 aliphatic heterocycles. The number of nitrogens with one attached hydrogen (secondary N) is 1. The van der Waals surface area contributed by atoms with Crippen molar-refractivity contribution in [3.05, 3.63) is 39.5 Å². The summed E-state index contributed by atoms with van der Waals surface area (Å²) in [5.41, 5.74) is 0. The van der Waals surface area contributed by atoms with Gasteiger partial charge >= 0.3 is 0 Å². The quantitative estimate of drug-likeness (QED) is 0.800. The summed E-state index contributed by atoms with van der Waals surface area (Å²) in [4.78, 5) is 11.9. The molecule has 0 spiro atoms. The molecule has 5 nitrogen and oxygen atoms in total. The summed E-state index contributed by atoms with van der Waals surface area (Å²) in [5.74, 6) is 0.567. The number of rotatable bonds is 5. The monoisotopic (exact) mass is 361 g/mol. The van der Waals surface area contributed by atoms with E-state index >= 15 is 0 Å². The minimum atomic E-state index is -0.329. The highest BCUT2D eigenvalue weighted by molar-refractivity contribution is 6.43. The minimum Gasteiger partial charge on any atom is -0.482 e. The van der Waals surface area contributed by atoms with E-state index in [1.165, 1.54) is 12.1 Å². The SMILES string of the molecule is CC(C)n1nccc1NC(=O)COc1cc(Cl)c(Cl)cc1Cl. The normalized spacial score (nSPS) is 10.8. The van der Waals surface area contributed by atoms with E-state index in [4.69, 9.17) is 39.5 Å². The van der Waals surface area contributed by atoms with Crippen molar-refractivity contribution in [1.82, 2.24) is 9.78 Å². The van der Waals surface area contributed by atoms with Crippen molar-refractivity contribution in [3.8, 4) is 5.75 Å². The van der Waals surface area contributed by atoms with Crippen LogP contribution in [0.2, 0.25) is 15.1 Å². The van der Waals surface area contributed by atoms with Crippen LogP contribution >= 0.6 is 34.8 Å². The standard InChI is InChI=1S/C14H14Cl3N3O2/c1-8(2)20-13(3-4-18-20)19-14(21)7-22-12-6-10(16)9(15)5-11(12)17/h3-6,8H,7H2,1-2H3,(H,19,21). The predicted octanol–water partition coefficient (Wildman–Crippen LogP) is 4.44.